The molecule has 7 heteroatoms. The molecule has 0 fully saturated rings. The van der Waals surface area contributed by atoms with Crippen molar-refractivity contribution >= 4 is 12.1 Å². The summed E-state index contributed by atoms with van der Waals surface area (Å²) >= 11 is 0. The normalized spacial score (nSPS) is 12.1. The molecule has 0 atom stereocenters. The molecule has 148 valence electrons. The molecule has 0 aliphatic rings. The van der Waals surface area contributed by atoms with E-state index in [1.165, 1.54) is 18.2 Å². The molecule has 3 rings (SSSR count). The van der Waals surface area contributed by atoms with Gasteiger partial charge >= 0.3 is 6.18 Å². The van der Waals surface area contributed by atoms with Crippen molar-refractivity contribution in [3.63, 3.8) is 0 Å². The van der Waals surface area contributed by atoms with Crippen LogP contribution >= 0.6 is 0 Å². The van der Waals surface area contributed by atoms with Crippen LogP contribution < -0.4 is 5.43 Å². The maximum atomic E-state index is 13.1. The lowest BCUT2D eigenvalue weighted by atomic mass is 9.85. The van der Waals surface area contributed by atoms with Crippen molar-refractivity contribution in [3.8, 4) is 0 Å². The Labute approximate surface area is 165 Å². The summed E-state index contributed by atoms with van der Waals surface area (Å²) in [5.74, 6) is -0.893. The van der Waals surface area contributed by atoms with Crippen molar-refractivity contribution in [1.29, 1.82) is 0 Å². The first-order valence-electron chi connectivity index (χ1n) is 8.66. The highest BCUT2D eigenvalue weighted by atomic mass is 19.4. The van der Waals surface area contributed by atoms with Crippen LogP contribution in [0, 0.1) is 0 Å². The Balaban J connectivity index is 1.91. The maximum Gasteiger partial charge on any atom is 0.417 e. The van der Waals surface area contributed by atoms with Crippen molar-refractivity contribution in [1.82, 2.24) is 5.43 Å². The molecule has 0 saturated carbocycles. The molecule has 3 aromatic carbocycles. The first kappa shape index (κ1) is 20.3. The third-order valence-corrected chi connectivity index (χ3v) is 4.35. The lowest BCUT2D eigenvalue weighted by Crippen LogP contribution is -2.43. The van der Waals surface area contributed by atoms with Gasteiger partial charge < -0.3 is 5.11 Å². The summed E-state index contributed by atoms with van der Waals surface area (Å²) in [5, 5.41) is 14.9. The lowest BCUT2D eigenvalue weighted by molar-refractivity contribution is -0.137. The number of alkyl halides is 3. The first-order chi connectivity index (χ1) is 13.8. The number of hydrogen-bond acceptors (Lipinski definition) is 3. The summed E-state index contributed by atoms with van der Waals surface area (Å²) in [6.45, 7) is 0. The van der Waals surface area contributed by atoms with E-state index in [4.69, 9.17) is 0 Å². The summed E-state index contributed by atoms with van der Waals surface area (Å²) in [4.78, 5) is 12.8. The third-order valence-electron chi connectivity index (χ3n) is 4.35. The molecule has 0 aromatic heterocycles. The highest BCUT2D eigenvalue weighted by Crippen LogP contribution is 2.31. The van der Waals surface area contributed by atoms with E-state index in [2.05, 4.69) is 10.5 Å². The van der Waals surface area contributed by atoms with Gasteiger partial charge in [0.2, 0.25) is 0 Å². The topological polar surface area (TPSA) is 61.7 Å². The summed E-state index contributed by atoms with van der Waals surface area (Å²) in [5.41, 5.74) is -0.385. The van der Waals surface area contributed by atoms with Gasteiger partial charge in [-0.2, -0.15) is 18.3 Å². The fourth-order valence-corrected chi connectivity index (χ4v) is 2.90. The second-order valence-corrected chi connectivity index (χ2v) is 6.23. The molecule has 2 N–H and O–H groups in total. The fraction of sp³-hybridized carbons (Fsp3) is 0.0909. The number of carbonyl (C=O) groups is 1. The summed E-state index contributed by atoms with van der Waals surface area (Å²) in [6, 6.07) is 21.3. The standard InChI is InChI=1S/C22H17F3N2O2/c23-22(24,25)19-14-8-7-9-16(19)15-26-27-20(28)21(29,17-10-3-1-4-11-17)18-12-5-2-6-13-18/h1-15,29H,(H,27,28). The molecule has 1 amide bonds. The molecule has 3 aromatic rings. The van der Waals surface area contributed by atoms with Crippen LogP contribution in [0.3, 0.4) is 0 Å². The summed E-state index contributed by atoms with van der Waals surface area (Å²) in [7, 11) is 0. The van der Waals surface area contributed by atoms with Crippen LogP contribution in [-0.4, -0.2) is 17.2 Å². The maximum absolute atomic E-state index is 13.1. The lowest BCUT2D eigenvalue weighted by Gasteiger charge is -2.27. The molecule has 0 aliphatic carbocycles. The molecular weight excluding hydrogens is 381 g/mol. The summed E-state index contributed by atoms with van der Waals surface area (Å²) in [6.07, 6.45) is -3.65. The van der Waals surface area contributed by atoms with Crippen LogP contribution in [0.15, 0.2) is 90.0 Å². The zero-order valence-corrected chi connectivity index (χ0v) is 15.1. The SMILES string of the molecule is O=C(NN=Cc1ccccc1C(F)(F)F)C(O)(c1ccccc1)c1ccccc1. The van der Waals surface area contributed by atoms with Crippen molar-refractivity contribution in [3.05, 3.63) is 107 Å². The third kappa shape index (κ3) is 4.35. The minimum absolute atomic E-state index is 0.205. The number of carbonyl (C=O) groups excluding carboxylic acids is 1. The molecule has 0 radical (unpaired) electrons. The van der Waals surface area contributed by atoms with E-state index in [1.54, 1.807) is 60.7 Å². The van der Waals surface area contributed by atoms with Crippen molar-refractivity contribution in [2.45, 2.75) is 11.8 Å². The van der Waals surface area contributed by atoms with Gasteiger partial charge in [0.15, 0.2) is 5.60 Å². The van der Waals surface area contributed by atoms with Gasteiger partial charge in [0.05, 0.1) is 11.8 Å². The van der Waals surface area contributed by atoms with Crippen LogP contribution in [0.4, 0.5) is 13.2 Å². The van der Waals surface area contributed by atoms with E-state index in [9.17, 15) is 23.1 Å². The van der Waals surface area contributed by atoms with Crippen LogP contribution in [0.25, 0.3) is 0 Å². The molecule has 0 unspecified atom stereocenters. The number of nitrogens with one attached hydrogen (secondary N) is 1. The highest BCUT2D eigenvalue weighted by molar-refractivity contribution is 5.91. The van der Waals surface area contributed by atoms with E-state index in [0.29, 0.717) is 11.1 Å². The Kier molecular flexibility index (Phi) is 5.79. The second kappa shape index (κ2) is 8.28. The largest absolute Gasteiger partial charge is 0.417 e. The van der Waals surface area contributed by atoms with Crippen molar-refractivity contribution in [2.24, 2.45) is 5.10 Å². The molecule has 0 heterocycles. The molecule has 4 nitrogen and oxygen atoms in total. The van der Waals surface area contributed by atoms with Gasteiger partial charge in [-0.3, -0.25) is 4.79 Å². The van der Waals surface area contributed by atoms with Crippen molar-refractivity contribution < 1.29 is 23.1 Å². The number of hydrogen-bond donors (Lipinski definition) is 2. The van der Waals surface area contributed by atoms with Gasteiger partial charge in [0.1, 0.15) is 0 Å². The van der Waals surface area contributed by atoms with Gasteiger partial charge in [0.25, 0.3) is 5.91 Å². The number of benzene rings is 3. The van der Waals surface area contributed by atoms with Gasteiger partial charge in [-0.25, -0.2) is 5.43 Å². The average Bonchev–Trinajstić information content (AvgIpc) is 2.74. The van der Waals surface area contributed by atoms with E-state index >= 15 is 0 Å². The van der Waals surface area contributed by atoms with Gasteiger partial charge in [0, 0.05) is 5.56 Å². The zero-order chi connectivity index (χ0) is 20.9. The number of aliphatic hydroxyl groups is 1. The Hall–Kier alpha value is -3.45. The zero-order valence-electron chi connectivity index (χ0n) is 15.1. The number of nitrogens with zero attached hydrogens (tertiary/aromatic N) is 1. The second-order valence-electron chi connectivity index (χ2n) is 6.23. The van der Waals surface area contributed by atoms with Crippen LogP contribution in [-0.2, 0) is 16.6 Å². The molecule has 0 spiro atoms. The number of halogens is 3. The number of hydrazone groups is 1. The van der Waals surface area contributed by atoms with E-state index < -0.39 is 23.2 Å². The van der Waals surface area contributed by atoms with Gasteiger partial charge in [-0.15, -0.1) is 0 Å². The number of amides is 1. The summed E-state index contributed by atoms with van der Waals surface area (Å²) < 4.78 is 39.2. The molecular formula is C22H17F3N2O2. The molecule has 0 saturated heterocycles. The Morgan fingerprint density at radius 2 is 1.31 bits per heavy atom. The average molecular weight is 398 g/mol. The highest BCUT2D eigenvalue weighted by Gasteiger charge is 2.40. The van der Waals surface area contributed by atoms with Gasteiger partial charge in [-0.1, -0.05) is 78.9 Å². The predicted molar refractivity (Wildman–Crippen MR) is 103 cm³/mol. The van der Waals surface area contributed by atoms with Crippen LogP contribution in [0.5, 0.6) is 0 Å². The first-order valence-corrected chi connectivity index (χ1v) is 8.66. The monoisotopic (exact) mass is 398 g/mol. The molecule has 0 bridgehead atoms. The van der Waals surface area contributed by atoms with Gasteiger partial charge in [-0.05, 0) is 17.2 Å². The Morgan fingerprint density at radius 1 is 0.828 bits per heavy atom. The smallest absolute Gasteiger partial charge is 0.372 e. The van der Waals surface area contributed by atoms with Crippen LogP contribution in [0.1, 0.15) is 22.3 Å². The fourth-order valence-electron chi connectivity index (χ4n) is 2.90. The Morgan fingerprint density at radius 3 is 1.83 bits per heavy atom. The Bertz CT molecular complexity index is 964. The van der Waals surface area contributed by atoms with E-state index in [1.807, 2.05) is 0 Å². The quantitative estimate of drug-likeness (QED) is 0.502. The minimum Gasteiger partial charge on any atom is -0.372 e. The molecule has 29 heavy (non-hydrogen) atoms. The molecule has 0 aliphatic heterocycles. The van der Waals surface area contributed by atoms with E-state index in [0.717, 1.165) is 12.3 Å². The van der Waals surface area contributed by atoms with Crippen molar-refractivity contribution in [2.75, 3.05) is 0 Å². The van der Waals surface area contributed by atoms with Crippen LogP contribution in [0.2, 0.25) is 0 Å². The predicted octanol–water partition coefficient (Wildman–Crippen LogP) is 4.09. The number of rotatable bonds is 5. The minimum atomic E-state index is -4.55. The van der Waals surface area contributed by atoms with E-state index in [-0.39, 0.29) is 5.56 Å².